The zero-order valence-electron chi connectivity index (χ0n) is 19.3. The van der Waals surface area contributed by atoms with Crippen LogP contribution in [-0.4, -0.2) is 72.2 Å². The number of carboxylic acid groups (broad SMARTS) is 1. The van der Waals surface area contributed by atoms with Gasteiger partial charge in [0.05, 0.1) is 25.4 Å². The van der Waals surface area contributed by atoms with Crippen LogP contribution in [0, 0.1) is 18.2 Å². The minimum atomic E-state index is -1.06. The molecule has 9 nitrogen and oxygen atoms in total. The Bertz CT molecular complexity index is 1280. The molecule has 3 heterocycles. The molecular formula is C25H23FN4O5S. The van der Waals surface area contributed by atoms with Crippen molar-refractivity contribution in [3.05, 3.63) is 75.1 Å². The number of halogens is 1. The summed E-state index contributed by atoms with van der Waals surface area (Å²) < 4.78 is 24.7. The topological polar surface area (TPSA) is 113 Å². The van der Waals surface area contributed by atoms with Crippen molar-refractivity contribution in [1.82, 2.24) is 15.2 Å². The van der Waals surface area contributed by atoms with Gasteiger partial charge in [-0.25, -0.2) is 19.0 Å². The summed E-state index contributed by atoms with van der Waals surface area (Å²) in [6, 6.07) is 3.16. The molecule has 1 fully saturated rings. The molecule has 2 aromatic rings. The first-order valence-corrected chi connectivity index (χ1v) is 11.8. The van der Waals surface area contributed by atoms with Crippen LogP contribution in [0.2, 0.25) is 0 Å². The lowest BCUT2D eigenvalue weighted by atomic mass is 9.92. The third kappa shape index (κ3) is 5.68. The lowest BCUT2D eigenvalue weighted by Gasteiger charge is -2.34. The van der Waals surface area contributed by atoms with E-state index in [9.17, 15) is 14.0 Å². The second-order valence-electron chi connectivity index (χ2n) is 7.94. The van der Waals surface area contributed by atoms with Gasteiger partial charge in [-0.05, 0) is 23.8 Å². The molecule has 2 aliphatic heterocycles. The number of carbonyl (C=O) groups is 2. The third-order valence-corrected chi connectivity index (χ3v) is 6.42. The van der Waals surface area contributed by atoms with Crippen LogP contribution in [0.15, 0.2) is 58.2 Å². The molecule has 2 N–H and O–H groups in total. The number of thiazole rings is 1. The summed E-state index contributed by atoms with van der Waals surface area (Å²) in [7, 11) is 1.28. The predicted molar refractivity (Wildman–Crippen MR) is 131 cm³/mol. The first-order chi connectivity index (χ1) is 17.4. The number of terminal acetylenes is 1. The molecule has 1 aromatic heterocycles. The number of nitrogens with zero attached hydrogens (tertiary/aromatic N) is 3. The number of morpholine rings is 1. The van der Waals surface area contributed by atoms with Gasteiger partial charge in [0.15, 0.2) is 10.8 Å². The highest BCUT2D eigenvalue weighted by molar-refractivity contribution is 7.11. The van der Waals surface area contributed by atoms with E-state index in [1.54, 1.807) is 11.6 Å². The van der Waals surface area contributed by atoms with Gasteiger partial charge >= 0.3 is 11.9 Å². The summed E-state index contributed by atoms with van der Waals surface area (Å²) in [5.41, 5.74) is 1.53. The zero-order chi connectivity index (χ0) is 25.7. The average Bonchev–Trinajstić information content (AvgIpc) is 3.42. The normalized spacial score (nSPS) is 20.5. The number of carbonyl (C=O) groups excluding carboxylic acids is 1. The number of hydrogen-bond acceptors (Lipinski definition) is 9. The summed E-state index contributed by atoms with van der Waals surface area (Å²) in [5, 5.41) is 14.6. The van der Waals surface area contributed by atoms with E-state index in [0.717, 1.165) is 6.08 Å². The van der Waals surface area contributed by atoms with Crippen molar-refractivity contribution >= 4 is 29.1 Å². The number of hydrogen-bond donors (Lipinski definition) is 2. The fourth-order valence-electron chi connectivity index (χ4n) is 4.04. The molecule has 2 aliphatic rings. The van der Waals surface area contributed by atoms with Crippen LogP contribution in [0.25, 0.3) is 0 Å². The minimum Gasteiger partial charge on any atom is -0.478 e. The number of aliphatic imine (C=N–C) groups is 1. The maximum atomic E-state index is 13.9. The number of amidine groups is 1. The Morgan fingerprint density at radius 1 is 1.47 bits per heavy atom. The van der Waals surface area contributed by atoms with Crippen LogP contribution in [0.4, 0.5) is 4.39 Å². The number of methoxy groups -OCH3 is 1. The van der Waals surface area contributed by atoms with Gasteiger partial charge in [-0.1, -0.05) is 12.0 Å². The van der Waals surface area contributed by atoms with Crippen molar-refractivity contribution in [3.8, 4) is 12.3 Å². The van der Waals surface area contributed by atoms with E-state index in [1.807, 2.05) is 4.90 Å². The van der Waals surface area contributed by atoms with Crippen LogP contribution >= 0.6 is 11.3 Å². The monoisotopic (exact) mass is 510 g/mol. The Balaban J connectivity index is 1.76. The van der Waals surface area contributed by atoms with Gasteiger partial charge < -0.3 is 19.9 Å². The van der Waals surface area contributed by atoms with Gasteiger partial charge in [0, 0.05) is 48.5 Å². The van der Waals surface area contributed by atoms with Crippen molar-refractivity contribution in [2.24, 2.45) is 4.99 Å². The summed E-state index contributed by atoms with van der Waals surface area (Å²) in [5.74, 6) is 0.770. The Hall–Kier alpha value is -3.85. The van der Waals surface area contributed by atoms with Gasteiger partial charge in [-0.2, -0.15) is 0 Å². The molecule has 4 rings (SSSR count). The summed E-state index contributed by atoms with van der Waals surface area (Å²) >= 11 is 1.37. The molecule has 0 unspecified atom stereocenters. The number of carboxylic acids is 1. The number of aliphatic carboxylic acids is 1. The van der Waals surface area contributed by atoms with E-state index in [2.05, 4.69) is 16.2 Å². The molecule has 11 heteroatoms. The molecule has 1 aromatic carbocycles. The standard InChI is InChI=1S/C25H23FN4O5S/c1-3-15-12-16(26)4-6-18(15)22-21(25(33)34-2)19(28-23(29-22)24-27-8-11-36-24)14-30-9-10-35-17(13-30)5-7-20(31)32/h1,4-8,11-12,17,22H,9-10,13-14H2,2H3,(H,28,29)(H,31,32)/b7-5+/t17-,22+/m1/s1. The number of benzene rings is 1. The quantitative estimate of drug-likeness (QED) is 0.331. The fraction of sp³-hybridized carbons (Fsp3) is 0.280. The largest absolute Gasteiger partial charge is 0.478 e. The number of rotatable bonds is 7. The minimum absolute atomic E-state index is 0.241. The second kappa shape index (κ2) is 11.3. The highest BCUT2D eigenvalue weighted by Gasteiger charge is 2.35. The van der Waals surface area contributed by atoms with E-state index in [0.29, 0.717) is 48.3 Å². The SMILES string of the molecule is C#Cc1cc(F)ccc1[C@@H]1N=C(c2nccs2)NC(CN2CCO[C@H](/C=C/C(=O)O)C2)=C1C(=O)OC. The van der Waals surface area contributed by atoms with Crippen molar-refractivity contribution in [1.29, 1.82) is 0 Å². The first kappa shape index (κ1) is 25.2. The Kier molecular flexibility index (Phi) is 7.90. The van der Waals surface area contributed by atoms with Gasteiger partial charge in [-0.3, -0.25) is 9.89 Å². The van der Waals surface area contributed by atoms with Crippen molar-refractivity contribution < 1.29 is 28.6 Å². The van der Waals surface area contributed by atoms with Crippen LogP contribution in [0.5, 0.6) is 0 Å². The number of nitrogens with one attached hydrogen (secondary N) is 1. The van der Waals surface area contributed by atoms with Crippen LogP contribution in [0.1, 0.15) is 22.2 Å². The summed E-state index contributed by atoms with van der Waals surface area (Å²) in [6.07, 6.45) is 9.42. The Morgan fingerprint density at radius 2 is 2.31 bits per heavy atom. The van der Waals surface area contributed by atoms with E-state index in [4.69, 9.17) is 26.0 Å². The summed E-state index contributed by atoms with van der Waals surface area (Å²) in [4.78, 5) is 35.1. The maximum absolute atomic E-state index is 13.9. The maximum Gasteiger partial charge on any atom is 0.338 e. The van der Waals surface area contributed by atoms with E-state index in [-0.39, 0.29) is 11.1 Å². The number of ether oxygens (including phenoxy) is 2. The smallest absolute Gasteiger partial charge is 0.338 e. The lowest BCUT2D eigenvalue weighted by Crippen LogP contribution is -2.46. The van der Waals surface area contributed by atoms with Crippen molar-refractivity contribution in [2.75, 3.05) is 33.4 Å². The highest BCUT2D eigenvalue weighted by Crippen LogP contribution is 2.35. The van der Waals surface area contributed by atoms with E-state index in [1.165, 1.54) is 42.7 Å². The zero-order valence-corrected chi connectivity index (χ0v) is 20.1. The van der Waals surface area contributed by atoms with Crippen LogP contribution < -0.4 is 5.32 Å². The molecule has 1 saturated heterocycles. The van der Waals surface area contributed by atoms with Crippen molar-refractivity contribution in [2.45, 2.75) is 12.1 Å². The molecule has 186 valence electrons. The van der Waals surface area contributed by atoms with E-state index >= 15 is 0 Å². The molecule has 0 radical (unpaired) electrons. The fourth-order valence-corrected chi connectivity index (χ4v) is 4.63. The van der Waals surface area contributed by atoms with Crippen LogP contribution in [0.3, 0.4) is 0 Å². The lowest BCUT2D eigenvalue weighted by molar-refractivity contribution is -0.136. The molecule has 0 bridgehead atoms. The predicted octanol–water partition coefficient (Wildman–Crippen LogP) is 2.12. The van der Waals surface area contributed by atoms with Gasteiger partial charge in [-0.15, -0.1) is 17.8 Å². The second-order valence-corrected chi connectivity index (χ2v) is 8.84. The van der Waals surface area contributed by atoms with Crippen LogP contribution in [-0.2, 0) is 19.1 Å². The molecule has 36 heavy (non-hydrogen) atoms. The van der Waals surface area contributed by atoms with Crippen molar-refractivity contribution in [3.63, 3.8) is 0 Å². The molecule has 0 aliphatic carbocycles. The average molecular weight is 511 g/mol. The molecule has 0 saturated carbocycles. The first-order valence-electron chi connectivity index (χ1n) is 11.0. The van der Waals surface area contributed by atoms with Gasteiger partial charge in [0.1, 0.15) is 11.9 Å². The third-order valence-electron chi connectivity index (χ3n) is 5.64. The van der Waals surface area contributed by atoms with Gasteiger partial charge in [0.2, 0.25) is 0 Å². The molecule has 2 atom stereocenters. The Labute approximate surface area is 211 Å². The highest BCUT2D eigenvalue weighted by atomic mass is 32.1. The number of esters is 1. The van der Waals surface area contributed by atoms with E-state index < -0.39 is 29.9 Å². The number of aromatic nitrogens is 1. The van der Waals surface area contributed by atoms with Gasteiger partial charge in [0.25, 0.3) is 0 Å². The summed E-state index contributed by atoms with van der Waals surface area (Å²) in [6.45, 7) is 1.63. The molecular weight excluding hydrogens is 487 g/mol. The molecule has 0 spiro atoms. The Morgan fingerprint density at radius 3 is 3.00 bits per heavy atom. The molecule has 0 amide bonds.